The van der Waals surface area contributed by atoms with Gasteiger partial charge in [-0.05, 0) is 24.3 Å². The summed E-state index contributed by atoms with van der Waals surface area (Å²) < 4.78 is 13.0. The molecule has 2 aromatic heterocycles. The highest BCUT2D eigenvalue weighted by Crippen LogP contribution is 2.32. The largest absolute Gasteiger partial charge is 0.486 e. The molecular weight excluding hydrogens is 410 g/mol. The molecule has 8 heteroatoms. The summed E-state index contributed by atoms with van der Waals surface area (Å²) in [6.45, 7) is 1.05. The molecule has 0 atom stereocenters. The fourth-order valence-electron chi connectivity index (χ4n) is 3.21. The van der Waals surface area contributed by atoms with Gasteiger partial charge in [0.05, 0.1) is 12.1 Å². The van der Waals surface area contributed by atoms with Crippen LogP contribution < -0.4 is 14.8 Å². The molecule has 0 bridgehead atoms. The molecule has 2 aromatic carbocycles. The Bertz CT molecular complexity index is 1200. The lowest BCUT2D eigenvalue weighted by molar-refractivity contribution is -0.115. The minimum absolute atomic E-state index is 0.108. The summed E-state index contributed by atoms with van der Waals surface area (Å²) in [5.41, 5.74) is 3.39. The van der Waals surface area contributed by atoms with E-state index in [2.05, 4.69) is 10.3 Å². The van der Waals surface area contributed by atoms with Crippen LogP contribution >= 0.6 is 22.9 Å². The highest BCUT2D eigenvalue weighted by molar-refractivity contribution is 7.15. The van der Waals surface area contributed by atoms with E-state index in [0.29, 0.717) is 35.4 Å². The number of halogens is 1. The Morgan fingerprint density at radius 3 is 2.76 bits per heavy atom. The number of ether oxygens (including phenoxy) is 2. The van der Waals surface area contributed by atoms with Gasteiger partial charge in [-0.3, -0.25) is 9.20 Å². The minimum atomic E-state index is -0.108. The molecule has 6 nitrogen and oxygen atoms in total. The molecule has 29 heavy (non-hydrogen) atoms. The first-order chi connectivity index (χ1) is 14.2. The van der Waals surface area contributed by atoms with Crippen molar-refractivity contribution in [3.05, 3.63) is 64.8 Å². The highest BCUT2D eigenvalue weighted by Gasteiger charge is 2.15. The van der Waals surface area contributed by atoms with Gasteiger partial charge in [0.1, 0.15) is 13.2 Å². The molecule has 0 unspecified atom stereocenters. The number of carbonyl (C=O) groups is 1. The van der Waals surface area contributed by atoms with Gasteiger partial charge in [-0.2, -0.15) is 0 Å². The van der Waals surface area contributed by atoms with Crippen molar-refractivity contribution in [1.29, 1.82) is 0 Å². The maximum absolute atomic E-state index is 12.6. The Hall–Kier alpha value is -3.03. The molecule has 0 aliphatic carbocycles. The van der Waals surface area contributed by atoms with E-state index in [1.807, 2.05) is 46.3 Å². The van der Waals surface area contributed by atoms with Gasteiger partial charge >= 0.3 is 0 Å². The van der Waals surface area contributed by atoms with Crippen LogP contribution in [0.15, 0.2) is 54.0 Å². The number of aromatic nitrogens is 2. The number of thiazole rings is 1. The zero-order valence-corrected chi connectivity index (χ0v) is 16.8. The lowest BCUT2D eigenvalue weighted by atomic mass is 10.2. The van der Waals surface area contributed by atoms with Crippen molar-refractivity contribution in [1.82, 2.24) is 9.38 Å². The van der Waals surface area contributed by atoms with Crippen LogP contribution in [0.5, 0.6) is 11.5 Å². The normalized spacial score (nSPS) is 12.9. The molecular formula is C21H16ClN3O3S. The fraction of sp³-hybridized carbons (Fsp3) is 0.143. The van der Waals surface area contributed by atoms with Crippen molar-refractivity contribution in [3.63, 3.8) is 0 Å². The fourth-order valence-corrected chi connectivity index (χ4v) is 4.21. The number of hydrogen-bond acceptors (Lipinski definition) is 5. The summed E-state index contributed by atoms with van der Waals surface area (Å²) in [7, 11) is 0. The number of hydrogen-bond donors (Lipinski definition) is 1. The number of amides is 1. The smallest absolute Gasteiger partial charge is 0.230 e. The Morgan fingerprint density at radius 1 is 1.14 bits per heavy atom. The van der Waals surface area contributed by atoms with Gasteiger partial charge < -0.3 is 14.8 Å². The zero-order valence-electron chi connectivity index (χ0n) is 15.2. The van der Waals surface area contributed by atoms with Crippen LogP contribution in [-0.2, 0) is 11.2 Å². The number of benzene rings is 2. The van der Waals surface area contributed by atoms with Crippen LogP contribution in [0.4, 0.5) is 5.69 Å². The van der Waals surface area contributed by atoms with E-state index in [-0.39, 0.29) is 12.3 Å². The van der Waals surface area contributed by atoms with Crippen LogP contribution in [0.25, 0.3) is 16.2 Å². The number of rotatable bonds is 4. The van der Waals surface area contributed by atoms with E-state index in [1.165, 1.54) is 11.3 Å². The average Bonchev–Trinajstić information content (AvgIpc) is 3.30. The Balaban J connectivity index is 1.33. The molecule has 0 spiro atoms. The van der Waals surface area contributed by atoms with E-state index < -0.39 is 0 Å². The molecule has 1 aliphatic heterocycles. The molecule has 1 amide bonds. The third-order valence-corrected chi connectivity index (χ3v) is 5.73. The third-order valence-electron chi connectivity index (χ3n) is 4.59. The van der Waals surface area contributed by atoms with Gasteiger partial charge in [-0.15, -0.1) is 11.3 Å². The van der Waals surface area contributed by atoms with Crippen molar-refractivity contribution < 1.29 is 14.3 Å². The SMILES string of the molecule is O=C(Cc1csc2nc(-c3ccc(Cl)cc3)cn12)Nc1ccc2c(c1)OCCO2. The predicted molar refractivity (Wildman–Crippen MR) is 113 cm³/mol. The van der Waals surface area contributed by atoms with Gasteiger partial charge in [0.2, 0.25) is 5.91 Å². The predicted octanol–water partition coefficient (Wildman–Crippen LogP) is 4.67. The molecule has 4 aromatic rings. The van der Waals surface area contributed by atoms with Crippen molar-refractivity contribution in [3.8, 4) is 22.8 Å². The second-order valence-electron chi connectivity index (χ2n) is 6.60. The first-order valence-corrected chi connectivity index (χ1v) is 10.3. The number of nitrogens with one attached hydrogen (secondary N) is 1. The number of anilines is 1. The summed E-state index contributed by atoms with van der Waals surface area (Å²) in [6.07, 6.45) is 2.19. The van der Waals surface area contributed by atoms with Crippen molar-refractivity contribution in [2.45, 2.75) is 6.42 Å². The molecule has 0 saturated carbocycles. The summed E-state index contributed by atoms with van der Waals surface area (Å²) in [5, 5.41) is 5.56. The van der Waals surface area contributed by atoms with Crippen molar-refractivity contribution in [2.75, 3.05) is 18.5 Å². The molecule has 0 fully saturated rings. The number of nitrogens with zero attached hydrogens (tertiary/aromatic N) is 2. The molecule has 146 valence electrons. The van der Waals surface area contributed by atoms with Crippen LogP contribution in [-0.4, -0.2) is 28.5 Å². The van der Waals surface area contributed by atoms with Gasteiger partial charge in [0.25, 0.3) is 0 Å². The van der Waals surface area contributed by atoms with Gasteiger partial charge in [-0.1, -0.05) is 23.7 Å². The first kappa shape index (κ1) is 18.0. The van der Waals surface area contributed by atoms with Crippen LogP contribution in [0, 0.1) is 0 Å². The average molecular weight is 426 g/mol. The molecule has 0 saturated heterocycles. The van der Waals surface area contributed by atoms with Crippen LogP contribution in [0.2, 0.25) is 5.02 Å². The van der Waals surface area contributed by atoms with E-state index >= 15 is 0 Å². The maximum Gasteiger partial charge on any atom is 0.230 e. The van der Waals surface area contributed by atoms with Gasteiger partial charge in [-0.25, -0.2) is 4.98 Å². The Morgan fingerprint density at radius 2 is 1.93 bits per heavy atom. The van der Waals surface area contributed by atoms with Gasteiger partial charge in [0.15, 0.2) is 16.5 Å². The number of imidazole rings is 1. The van der Waals surface area contributed by atoms with E-state index in [0.717, 1.165) is 21.9 Å². The number of fused-ring (bicyclic) bond motifs is 2. The Kier molecular flexibility index (Phi) is 4.61. The quantitative estimate of drug-likeness (QED) is 0.516. The van der Waals surface area contributed by atoms with Crippen LogP contribution in [0.1, 0.15) is 5.69 Å². The second kappa shape index (κ2) is 7.42. The van der Waals surface area contributed by atoms with Crippen molar-refractivity contribution >= 4 is 39.5 Å². The highest BCUT2D eigenvalue weighted by atomic mass is 35.5. The molecule has 3 heterocycles. The van der Waals surface area contributed by atoms with E-state index in [9.17, 15) is 4.79 Å². The molecule has 5 rings (SSSR count). The lowest BCUT2D eigenvalue weighted by Crippen LogP contribution is -2.17. The zero-order chi connectivity index (χ0) is 19.8. The summed E-state index contributed by atoms with van der Waals surface area (Å²) in [5.74, 6) is 1.24. The van der Waals surface area contributed by atoms with E-state index in [4.69, 9.17) is 21.1 Å². The summed E-state index contributed by atoms with van der Waals surface area (Å²) in [6, 6.07) is 12.9. The summed E-state index contributed by atoms with van der Waals surface area (Å²) in [4.78, 5) is 18.1. The standard InChI is InChI=1S/C21H16ClN3O3S/c22-14-3-1-13(2-4-14)17-11-25-16(12-29-21(25)24-17)10-20(26)23-15-5-6-18-19(9-15)28-8-7-27-18/h1-6,9,11-12H,7-8,10H2,(H,23,26). The third kappa shape index (κ3) is 3.66. The van der Waals surface area contributed by atoms with Crippen LogP contribution in [0.3, 0.4) is 0 Å². The molecule has 0 radical (unpaired) electrons. The number of carbonyl (C=O) groups excluding carboxylic acids is 1. The monoisotopic (exact) mass is 425 g/mol. The maximum atomic E-state index is 12.6. The first-order valence-electron chi connectivity index (χ1n) is 9.07. The summed E-state index contributed by atoms with van der Waals surface area (Å²) >= 11 is 7.47. The molecule has 1 N–H and O–H groups in total. The van der Waals surface area contributed by atoms with Gasteiger partial charge in [0, 0.05) is 39.6 Å². The second-order valence-corrected chi connectivity index (χ2v) is 7.87. The Labute approximate surface area is 175 Å². The van der Waals surface area contributed by atoms with E-state index in [1.54, 1.807) is 12.1 Å². The minimum Gasteiger partial charge on any atom is -0.486 e. The van der Waals surface area contributed by atoms with Crippen molar-refractivity contribution in [2.24, 2.45) is 0 Å². The lowest BCUT2D eigenvalue weighted by Gasteiger charge is -2.19. The topological polar surface area (TPSA) is 64.9 Å². The molecule has 1 aliphatic rings.